The van der Waals surface area contributed by atoms with Crippen LogP contribution in [-0.2, 0) is 12.8 Å². The number of fused-ring (bicyclic) bond motifs is 8. The van der Waals surface area contributed by atoms with Gasteiger partial charge in [0.1, 0.15) is 11.2 Å². The Labute approximate surface area is 141 Å². The summed E-state index contributed by atoms with van der Waals surface area (Å²) in [5, 5.41) is 9.11. The first-order chi connectivity index (χ1) is 10.6. The SMILES string of the molecule is C[C@H]1CCc2c(sc3c2C2NNC(=S)N2c2n[nH]c(=S)n2-3)C1. The van der Waals surface area contributed by atoms with Crippen LogP contribution in [0.1, 0.15) is 35.5 Å². The lowest BCUT2D eigenvalue weighted by molar-refractivity contribution is 0.497. The average molecular weight is 350 g/mol. The van der Waals surface area contributed by atoms with E-state index in [4.69, 9.17) is 24.4 Å². The van der Waals surface area contributed by atoms with Crippen LogP contribution in [0.5, 0.6) is 0 Å². The molecule has 5 rings (SSSR count). The number of thiophene rings is 1. The van der Waals surface area contributed by atoms with E-state index in [2.05, 4.69) is 28.0 Å². The summed E-state index contributed by atoms with van der Waals surface area (Å²) in [7, 11) is 0. The van der Waals surface area contributed by atoms with E-state index in [1.54, 1.807) is 0 Å². The second-order valence-electron chi connectivity index (χ2n) is 6.08. The molecule has 1 saturated heterocycles. The molecule has 1 unspecified atom stereocenters. The van der Waals surface area contributed by atoms with Gasteiger partial charge in [-0.2, -0.15) is 0 Å². The molecular weight excluding hydrogens is 336 g/mol. The van der Waals surface area contributed by atoms with Crippen molar-refractivity contribution in [3.63, 3.8) is 0 Å². The molecule has 0 saturated carbocycles. The van der Waals surface area contributed by atoms with E-state index >= 15 is 0 Å². The van der Waals surface area contributed by atoms with E-state index in [0.717, 1.165) is 24.7 Å². The third kappa shape index (κ3) is 1.54. The lowest BCUT2D eigenvalue weighted by atomic mass is 9.87. The number of hydrogen-bond donors (Lipinski definition) is 3. The van der Waals surface area contributed by atoms with Gasteiger partial charge in [-0.25, -0.2) is 15.1 Å². The molecule has 2 aromatic rings. The number of rotatable bonds is 0. The van der Waals surface area contributed by atoms with Crippen LogP contribution in [0.2, 0.25) is 0 Å². The summed E-state index contributed by atoms with van der Waals surface area (Å²) >= 11 is 12.7. The highest BCUT2D eigenvalue weighted by molar-refractivity contribution is 7.80. The molecule has 0 spiro atoms. The molecule has 6 nitrogen and oxygen atoms in total. The highest BCUT2D eigenvalue weighted by atomic mass is 32.1. The fourth-order valence-corrected chi connectivity index (χ4v) is 5.69. The van der Waals surface area contributed by atoms with Gasteiger partial charge in [0.2, 0.25) is 10.7 Å². The van der Waals surface area contributed by atoms with Gasteiger partial charge >= 0.3 is 0 Å². The summed E-state index contributed by atoms with van der Waals surface area (Å²) in [6.45, 7) is 2.33. The molecule has 114 valence electrons. The number of hydrogen-bond acceptors (Lipinski definition) is 5. The van der Waals surface area contributed by atoms with Crippen LogP contribution in [0, 0.1) is 10.7 Å². The highest BCUT2D eigenvalue weighted by Crippen LogP contribution is 2.47. The molecular formula is C13H14N6S3. The van der Waals surface area contributed by atoms with Crippen LogP contribution >= 0.6 is 35.8 Å². The quantitative estimate of drug-likeness (QED) is 0.634. The van der Waals surface area contributed by atoms with Crippen molar-refractivity contribution in [3.05, 3.63) is 20.8 Å². The zero-order chi connectivity index (χ0) is 15.0. The predicted octanol–water partition coefficient (Wildman–Crippen LogP) is 2.33. The minimum absolute atomic E-state index is 0.00797. The molecule has 1 aliphatic carbocycles. The van der Waals surface area contributed by atoms with E-state index in [1.165, 1.54) is 27.4 Å². The van der Waals surface area contributed by atoms with Crippen molar-refractivity contribution >= 4 is 46.8 Å². The molecule has 4 heterocycles. The number of thiocarbonyl (C=S) groups is 1. The standard InChI is InChI=1S/C13H14N6S3/c1-5-2-3-6-7(4-5)22-10-8(6)9-14-16-12(20)18(9)11-15-17-13(21)19(10)11/h5,9,14H,2-4H2,1H3,(H,16,20)(H,17,21)/t5-,9?/m0/s1. The number of aromatic nitrogens is 3. The van der Waals surface area contributed by atoms with Gasteiger partial charge in [0, 0.05) is 10.4 Å². The third-order valence-corrected chi connectivity index (χ3v) is 6.50. The van der Waals surface area contributed by atoms with Gasteiger partial charge < -0.3 is 0 Å². The normalized spacial score (nSPS) is 25.3. The largest absolute Gasteiger partial charge is 0.295 e. The van der Waals surface area contributed by atoms with E-state index in [0.29, 0.717) is 9.88 Å². The molecule has 0 bridgehead atoms. The van der Waals surface area contributed by atoms with E-state index in [1.807, 2.05) is 20.8 Å². The molecule has 0 aromatic carbocycles. The van der Waals surface area contributed by atoms with Crippen LogP contribution in [-0.4, -0.2) is 19.9 Å². The minimum atomic E-state index is 0.00797. The smallest absolute Gasteiger partial charge is 0.239 e. The van der Waals surface area contributed by atoms with Gasteiger partial charge in [0.05, 0.1) is 0 Å². The summed E-state index contributed by atoms with van der Waals surface area (Å²) in [6.07, 6.45) is 3.53. The van der Waals surface area contributed by atoms with Gasteiger partial charge in [-0.05, 0) is 55.2 Å². The summed E-state index contributed by atoms with van der Waals surface area (Å²) in [5.74, 6) is 1.51. The Balaban J connectivity index is 1.82. The van der Waals surface area contributed by atoms with Crippen LogP contribution in [0.25, 0.3) is 5.00 Å². The molecule has 3 aliphatic rings. The Morgan fingerprint density at radius 2 is 2.23 bits per heavy atom. The summed E-state index contributed by atoms with van der Waals surface area (Å²) in [6, 6.07) is 0. The van der Waals surface area contributed by atoms with Gasteiger partial charge in [-0.1, -0.05) is 6.92 Å². The Bertz CT molecular complexity index is 862. The van der Waals surface area contributed by atoms with Crippen LogP contribution in [0.4, 0.5) is 5.95 Å². The van der Waals surface area contributed by atoms with Crippen LogP contribution in [0.15, 0.2) is 0 Å². The molecule has 22 heavy (non-hydrogen) atoms. The molecule has 9 heteroatoms. The van der Waals surface area contributed by atoms with E-state index in [-0.39, 0.29) is 6.17 Å². The highest BCUT2D eigenvalue weighted by Gasteiger charge is 2.43. The molecule has 0 amide bonds. The number of aromatic amines is 1. The first-order valence-corrected chi connectivity index (χ1v) is 8.95. The Morgan fingerprint density at radius 1 is 1.36 bits per heavy atom. The Morgan fingerprint density at radius 3 is 3.09 bits per heavy atom. The first kappa shape index (κ1) is 13.2. The van der Waals surface area contributed by atoms with Crippen molar-refractivity contribution in [1.29, 1.82) is 0 Å². The van der Waals surface area contributed by atoms with E-state index in [9.17, 15) is 0 Å². The summed E-state index contributed by atoms with van der Waals surface area (Å²) in [4.78, 5) is 3.49. The van der Waals surface area contributed by atoms with Crippen LogP contribution in [0.3, 0.4) is 0 Å². The zero-order valence-electron chi connectivity index (χ0n) is 11.8. The van der Waals surface area contributed by atoms with Gasteiger partial charge in [0.25, 0.3) is 0 Å². The monoisotopic (exact) mass is 350 g/mol. The van der Waals surface area contributed by atoms with E-state index < -0.39 is 0 Å². The van der Waals surface area contributed by atoms with Crippen molar-refractivity contribution in [2.75, 3.05) is 4.90 Å². The first-order valence-electron chi connectivity index (χ1n) is 7.32. The number of hydrazine groups is 1. The fraction of sp³-hybridized carbons (Fsp3) is 0.462. The maximum atomic E-state index is 5.45. The zero-order valence-corrected chi connectivity index (χ0v) is 14.3. The van der Waals surface area contributed by atoms with Crippen molar-refractivity contribution < 1.29 is 0 Å². The maximum Gasteiger partial charge on any atom is 0.239 e. The molecule has 3 N–H and O–H groups in total. The second kappa shape index (κ2) is 4.38. The summed E-state index contributed by atoms with van der Waals surface area (Å²) in [5.41, 5.74) is 9.15. The van der Waals surface area contributed by atoms with Gasteiger partial charge in [-0.15, -0.1) is 16.4 Å². The van der Waals surface area contributed by atoms with Crippen LogP contribution < -0.4 is 15.8 Å². The molecule has 2 atom stereocenters. The average Bonchev–Trinajstić information content (AvgIpc) is 3.14. The minimum Gasteiger partial charge on any atom is -0.295 e. The topological polar surface area (TPSA) is 60.9 Å². The lowest BCUT2D eigenvalue weighted by Crippen LogP contribution is -2.36. The third-order valence-electron chi connectivity index (χ3n) is 4.67. The molecule has 2 aromatic heterocycles. The number of nitrogens with zero attached hydrogens (tertiary/aromatic N) is 3. The van der Waals surface area contributed by atoms with Crippen molar-refractivity contribution in [2.24, 2.45) is 5.92 Å². The number of H-pyrrole nitrogens is 1. The molecule has 2 aliphatic heterocycles. The van der Waals surface area contributed by atoms with Crippen molar-refractivity contribution in [1.82, 2.24) is 25.6 Å². The fourth-order valence-electron chi connectivity index (χ4n) is 3.62. The molecule has 0 radical (unpaired) electrons. The Hall–Kier alpha value is -1.29. The van der Waals surface area contributed by atoms with Crippen molar-refractivity contribution in [3.8, 4) is 5.00 Å². The second-order valence-corrected chi connectivity index (χ2v) is 7.94. The molecule has 1 fully saturated rings. The number of anilines is 1. The lowest BCUT2D eigenvalue weighted by Gasteiger charge is -2.30. The van der Waals surface area contributed by atoms with Gasteiger partial charge in [-0.3, -0.25) is 10.3 Å². The Kier molecular flexibility index (Phi) is 2.62. The number of nitrogens with one attached hydrogen (secondary N) is 3. The van der Waals surface area contributed by atoms with Crippen molar-refractivity contribution in [2.45, 2.75) is 32.4 Å². The summed E-state index contributed by atoms with van der Waals surface area (Å²) < 4.78 is 2.64. The maximum absolute atomic E-state index is 5.45. The predicted molar refractivity (Wildman–Crippen MR) is 91.9 cm³/mol. The van der Waals surface area contributed by atoms with Gasteiger partial charge in [0.15, 0.2) is 5.11 Å².